The summed E-state index contributed by atoms with van der Waals surface area (Å²) >= 11 is 0. The van der Waals surface area contributed by atoms with Crippen molar-refractivity contribution in [2.75, 3.05) is 20.1 Å². The molecular formula is C9H16N2O4. The van der Waals surface area contributed by atoms with Gasteiger partial charge in [-0.05, 0) is 19.9 Å². The predicted octanol–water partition coefficient (Wildman–Crippen LogP) is -0.964. The Balaban J connectivity index is 2.29. The SMILES string of the molecule is CN(CC(N)=O)CC1CCC(C(=O)O)O1. The van der Waals surface area contributed by atoms with Crippen LogP contribution < -0.4 is 5.73 Å². The molecule has 86 valence electrons. The fourth-order valence-electron chi connectivity index (χ4n) is 1.70. The second-order valence-corrected chi connectivity index (χ2v) is 3.83. The molecule has 15 heavy (non-hydrogen) atoms. The van der Waals surface area contributed by atoms with Gasteiger partial charge in [0, 0.05) is 6.54 Å². The summed E-state index contributed by atoms with van der Waals surface area (Å²) in [5.74, 6) is -1.32. The molecule has 0 aliphatic carbocycles. The minimum absolute atomic E-state index is 0.115. The van der Waals surface area contributed by atoms with Crippen molar-refractivity contribution in [1.82, 2.24) is 4.90 Å². The molecule has 0 saturated carbocycles. The number of carboxylic acids is 1. The van der Waals surface area contributed by atoms with Crippen molar-refractivity contribution in [2.24, 2.45) is 5.73 Å². The topological polar surface area (TPSA) is 92.9 Å². The van der Waals surface area contributed by atoms with Gasteiger partial charge in [0.2, 0.25) is 5.91 Å². The summed E-state index contributed by atoms with van der Waals surface area (Å²) in [5, 5.41) is 8.70. The average molecular weight is 216 g/mol. The second-order valence-electron chi connectivity index (χ2n) is 3.83. The normalized spacial score (nSPS) is 25.7. The molecular weight excluding hydrogens is 200 g/mol. The lowest BCUT2D eigenvalue weighted by atomic mass is 10.2. The molecule has 2 atom stereocenters. The van der Waals surface area contributed by atoms with E-state index in [1.807, 2.05) is 0 Å². The fourth-order valence-corrected chi connectivity index (χ4v) is 1.70. The van der Waals surface area contributed by atoms with Crippen molar-refractivity contribution in [3.8, 4) is 0 Å². The number of nitrogens with zero attached hydrogens (tertiary/aromatic N) is 1. The largest absolute Gasteiger partial charge is 0.479 e. The maximum absolute atomic E-state index is 10.6. The van der Waals surface area contributed by atoms with Crippen molar-refractivity contribution in [3.05, 3.63) is 0 Å². The highest BCUT2D eigenvalue weighted by atomic mass is 16.5. The maximum Gasteiger partial charge on any atom is 0.332 e. The number of primary amides is 1. The summed E-state index contributed by atoms with van der Waals surface area (Å²) in [4.78, 5) is 22.9. The quantitative estimate of drug-likeness (QED) is 0.617. The molecule has 1 saturated heterocycles. The van der Waals surface area contributed by atoms with E-state index in [4.69, 9.17) is 15.6 Å². The Morgan fingerprint density at radius 1 is 1.53 bits per heavy atom. The van der Waals surface area contributed by atoms with Crippen molar-refractivity contribution in [1.29, 1.82) is 0 Å². The molecule has 1 heterocycles. The van der Waals surface area contributed by atoms with Gasteiger partial charge >= 0.3 is 5.97 Å². The van der Waals surface area contributed by atoms with Crippen LogP contribution in [0.2, 0.25) is 0 Å². The Bertz CT molecular complexity index is 256. The van der Waals surface area contributed by atoms with Gasteiger partial charge in [-0.1, -0.05) is 0 Å². The number of rotatable bonds is 5. The highest BCUT2D eigenvalue weighted by molar-refractivity contribution is 5.75. The van der Waals surface area contributed by atoms with E-state index in [0.717, 1.165) is 0 Å². The van der Waals surface area contributed by atoms with Gasteiger partial charge in [0.1, 0.15) is 0 Å². The highest BCUT2D eigenvalue weighted by Crippen LogP contribution is 2.20. The molecule has 0 aromatic heterocycles. The number of nitrogens with two attached hydrogens (primary N) is 1. The van der Waals surface area contributed by atoms with Crippen molar-refractivity contribution < 1.29 is 19.4 Å². The summed E-state index contributed by atoms with van der Waals surface area (Å²) in [6.07, 6.45) is 0.428. The molecule has 1 fully saturated rings. The van der Waals surface area contributed by atoms with E-state index in [-0.39, 0.29) is 12.6 Å². The van der Waals surface area contributed by atoms with Crippen LogP contribution in [0.15, 0.2) is 0 Å². The van der Waals surface area contributed by atoms with Gasteiger partial charge in [0.05, 0.1) is 12.6 Å². The van der Waals surface area contributed by atoms with E-state index in [9.17, 15) is 9.59 Å². The molecule has 0 aromatic rings. The van der Waals surface area contributed by atoms with Gasteiger partial charge in [0.25, 0.3) is 0 Å². The first-order valence-corrected chi connectivity index (χ1v) is 4.84. The number of hydrogen-bond donors (Lipinski definition) is 2. The van der Waals surface area contributed by atoms with Crippen molar-refractivity contribution in [2.45, 2.75) is 25.0 Å². The maximum atomic E-state index is 10.6. The molecule has 6 nitrogen and oxygen atoms in total. The lowest BCUT2D eigenvalue weighted by Crippen LogP contribution is -2.36. The first-order chi connectivity index (χ1) is 6.99. The Hall–Kier alpha value is -1.14. The van der Waals surface area contributed by atoms with E-state index < -0.39 is 18.0 Å². The van der Waals surface area contributed by atoms with Crippen LogP contribution in [0.25, 0.3) is 0 Å². The molecule has 1 aliphatic heterocycles. The smallest absolute Gasteiger partial charge is 0.332 e. The van der Waals surface area contributed by atoms with Gasteiger partial charge in [-0.3, -0.25) is 9.69 Å². The van der Waals surface area contributed by atoms with Crippen LogP contribution in [0, 0.1) is 0 Å². The Morgan fingerprint density at radius 3 is 2.67 bits per heavy atom. The van der Waals surface area contributed by atoms with E-state index in [0.29, 0.717) is 19.4 Å². The van der Waals surface area contributed by atoms with Crippen LogP contribution in [0.3, 0.4) is 0 Å². The molecule has 1 rings (SSSR count). The van der Waals surface area contributed by atoms with Crippen LogP contribution in [0.5, 0.6) is 0 Å². The van der Waals surface area contributed by atoms with Gasteiger partial charge in [-0.2, -0.15) is 0 Å². The molecule has 0 bridgehead atoms. The standard InChI is InChI=1S/C9H16N2O4/c1-11(5-8(10)12)4-6-2-3-7(15-6)9(13)14/h6-7H,2-5H2,1H3,(H2,10,12)(H,13,14). The number of carbonyl (C=O) groups is 2. The van der Waals surface area contributed by atoms with Crippen LogP contribution in [0.1, 0.15) is 12.8 Å². The number of carbonyl (C=O) groups excluding carboxylic acids is 1. The van der Waals surface area contributed by atoms with Crippen molar-refractivity contribution in [3.63, 3.8) is 0 Å². The van der Waals surface area contributed by atoms with E-state index in [1.165, 1.54) is 0 Å². The molecule has 6 heteroatoms. The number of ether oxygens (including phenoxy) is 1. The summed E-state index contributed by atoms with van der Waals surface area (Å²) in [7, 11) is 1.75. The Labute approximate surface area is 88.0 Å². The summed E-state index contributed by atoms with van der Waals surface area (Å²) in [6.45, 7) is 0.699. The van der Waals surface area contributed by atoms with E-state index >= 15 is 0 Å². The van der Waals surface area contributed by atoms with Gasteiger partial charge in [-0.25, -0.2) is 4.79 Å². The molecule has 3 N–H and O–H groups in total. The zero-order valence-corrected chi connectivity index (χ0v) is 8.68. The van der Waals surface area contributed by atoms with Crippen LogP contribution in [-0.4, -0.2) is 54.2 Å². The molecule has 0 aromatic carbocycles. The molecule has 0 radical (unpaired) electrons. The third-order valence-corrected chi connectivity index (χ3v) is 2.32. The van der Waals surface area contributed by atoms with Gasteiger partial charge in [-0.15, -0.1) is 0 Å². The van der Waals surface area contributed by atoms with Crippen molar-refractivity contribution >= 4 is 11.9 Å². The Morgan fingerprint density at radius 2 is 2.20 bits per heavy atom. The first-order valence-electron chi connectivity index (χ1n) is 4.84. The minimum Gasteiger partial charge on any atom is -0.479 e. The lowest BCUT2D eigenvalue weighted by molar-refractivity contribution is -0.149. The monoisotopic (exact) mass is 216 g/mol. The lowest BCUT2D eigenvalue weighted by Gasteiger charge is -2.19. The number of carboxylic acid groups (broad SMARTS) is 1. The zero-order valence-electron chi connectivity index (χ0n) is 8.68. The van der Waals surface area contributed by atoms with Gasteiger partial charge < -0.3 is 15.6 Å². The summed E-state index contributed by atoms with van der Waals surface area (Å²) in [5.41, 5.74) is 5.03. The van der Waals surface area contributed by atoms with E-state index in [2.05, 4.69) is 0 Å². The number of likely N-dealkylation sites (N-methyl/N-ethyl adjacent to an activating group) is 1. The van der Waals surface area contributed by atoms with Gasteiger partial charge in [0.15, 0.2) is 6.10 Å². The fraction of sp³-hybridized carbons (Fsp3) is 0.778. The summed E-state index contributed by atoms with van der Waals surface area (Å²) in [6, 6.07) is 0. The third kappa shape index (κ3) is 3.85. The minimum atomic E-state index is -0.921. The second kappa shape index (κ2) is 5.09. The molecule has 1 aliphatic rings. The third-order valence-electron chi connectivity index (χ3n) is 2.32. The Kier molecular flexibility index (Phi) is 4.05. The highest BCUT2D eigenvalue weighted by Gasteiger charge is 2.30. The van der Waals surface area contributed by atoms with Crippen LogP contribution in [-0.2, 0) is 14.3 Å². The number of amides is 1. The van der Waals surface area contributed by atoms with E-state index in [1.54, 1.807) is 11.9 Å². The molecule has 1 amide bonds. The summed E-state index contributed by atoms with van der Waals surface area (Å²) < 4.78 is 5.28. The zero-order chi connectivity index (χ0) is 11.4. The average Bonchev–Trinajstić information content (AvgIpc) is 2.50. The number of hydrogen-bond acceptors (Lipinski definition) is 4. The molecule has 2 unspecified atom stereocenters. The predicted molar refractivity (Wildman–Crippen MR) is 52.2 cm³/mol. The van der Waals surface area contributed by atoms with Crippen LogP contribution >= 0.6 is 0 Å². The van der Waals surface area contributed by atoms with Crippen LogP contribution in [0.4, 0.5) is 0 Å². The molecule has 0 spiro atoms. The number of aliphatic carboxylic acids is 1. The first kappa shape index (κ1) is 11.9.